The number of benzene rings is 7. The zero-order valence-corrected chi connectivity index (χ0v) is 26.1. The molecular weight excluding hydrogens is 555 g/mol. The molecule has 0 spiro atoms. The van der Waals surface area contributed by atoms with Gasteiger partial charge in [-0.25, -0.2) is 0 Å². The number of aryl methyl sites for hydroxylation is 2. The molecule has 0 amide bonds. The Morgan fingerprint density at radius 2 is 0.891 bits per heavy atom. The third kappa shape index (κ3) is 5.50. The fourth-order valence-corrected chi connectivity index (χ4v) is 7.15. The van der Waals surface area contributed by atoms with E-state index >= 15 is 0 Å². The molecule has 7 aromatic rings. The molecule has 0 atom stereocenters. The maximum atomic E-state index is 2.45. The van der Waals surface area contributed by atoms with Crippen molar-refractivity contribution in [3.63, 3.8) is 0 Å². The summed E-state index contributed by atoms with van der Waals surface area (Å²) in [6.45, 7) is 0. The summed E-state index contributed by atoms with van der Waals surface area (Å²) in [5.74, 6) is 0. The Hall–Kier alpha value is -5.40. The van der Waals surface area contributed by atoms with Crippen molar-refractivity contribution in [1.82, 2.24) is 0 Å². The van der Waals surface area contributed by atoms with Crippen LogP contribution in [0, 0.1) is 0 Å². The van der Waals surface area contributed by atoms with Crippen LogP contribution in [0.1, 0.15) is 30.4 Å². The van der Waals surface area contributed by atoms with Crippen LogP contribution in [0.4, 0.5) is 17.1 Å². The Bertz CT molecular complexity index is 2010. The third-order valence-corrected chi connectivity index (χ3v) is 9.52. The van der Waals surface area contributed by atoms with Crippen LogP contribution in [0.25, 0.3) is 44.2 Å². The first-order chi connectivity index (χ1) is 22.8. The Kier molecular flexibility index (Phi) is 7.66. The summed E-state index contributed by atoms with van der Waals surface area (Å²) >= 11 is 0. The number of rotatable bonds is 5. The van der Waals surface area contributed by atoms with Gasteiger partial charge in [-0.3, -0.25) is 0 Å². The first kappa shape index (κ1) is 28.1. The minimum atomic E-state index is 1.09. The van der Waals surface area contributed by atoms with Crippen LogP contribution in [0.2, 0.25) is 0 Å². The monoisotopic (exact) mass is 591 g/mol. The minimum Gasteiger partial charge on any atom is -0.310 e. The molecule has 0 bridgehead atoms. The van der Waals surface area contributed by atoms with E-state index in [4.69, 9.17) is 0 Å². The molecule has 46 heavy (non-hydrogen) atoms. The van der Waals surface area contributed by atoms with Crippen LogP contribution in [-0.2, 0) is 12.8 Å². The van der Waals surface area contributed by atoms with Gasteiger partial charge in [0.1, 0.15) is 0 Å². The highest BCUT2D eigenvalue weighted by Gasteiger charge is 2.19. The van der Waals surface area contributed by atoms with Crippen molar-refractivity contribution in [3.05, 3.63) is 175 Å². The fourth-order valence-electron chi connectivity index (χ4n) is 7.15. The molecule has 0 unspecified atom stereocenters. The zero-order valence-electron chi connectivity index (χ0n) is 26.1. The average molecular weight is 592 g/mol. The molecular formula is C45H37N. The van der Waals surface area contributed by atoms with E-state index in [1.807, 2.05) is 0 Å². The zero-order chi connectivity index (χ0) is 30.7. The Labute approximate surface area is 272 Å². The van der Waals surface area contributed by atoms with E-state index in [1.54, 1.807) is 0 Å². The van der Waals surface area contributed by atoms with E-state index in [1.165, 1.54) is 80.2 Å². The van der Waals surface area contributed by atoms with Gasteiger partial charge in [0.15, 0.2) is 0 Å². The van der Waals surface area contributed by atoms with Crippen molar-refractivity contribution >= 4 is 27.8 Å². The lowest BCUT2D eigenvalue weighted by Gasteiger charge is -2.27. The van der Waals surface area contributed by atoms with Gasteiger partial charge in [-0.15, -0.1) is 0 Å². The topological polar surface area (TPSA) is 3.24 Å². The van der Waals surface area contributed by atoms with Crippen LogP contribution < -0.4 is 4.90 Å². The van der Waals surface area contributed by atoms with Gasteiger partial charge in [0.25, 0.3) is 0 Å². The molecule has 1 nitrogen and oxygen atoms in total. The number of fused-ring (bicyclic) bond motifs is 5. The molecule has 0 aliphatic heterocycles. The highest BCUT2D eigenvalue weighted by Crippen LogP contribution is 2.41. The number of hydrogen-bond acceptors (Lipinski definition) is 1. The normalized spacial score (nSPS) is 12.8. The van der Waals surface area contributed by atoms with Gasteiger partial charge in [-0.1, -0.05) is 134 Å². The van der Waals surface area contributed by atoms with Gasteiger partial charge in [0, 0.05) is 17.1 Å². The van der Waals surface area contributed by atoms with E-state index < -0.39 is 0 Å². The van der Waals surface area contributed by atoms with Gasteiger partial charge in [-0.05, 0) is 117 Å². The Morgan fingerprint density at radius 1 is 0.370 bits per heavy atom. The predicted octanol–water partition coefficient (Wildman–Crippen LogP) is 12.6. The summed E-state index contributed by atoms with van der Waals surface area (Å²) in [6.07, 6.45) is 5.90. The number of anilines is 3. The van der Waals surface area contributed by atoms with Crippen molar-refractivity contribution in [2.24, 2.45) is 0 Å². The summed E-state index contributed by atoms with van der Waals surface area (Å²) < 4.78 is 0. The largest absolute Gasteiger partial charge is 0.310 e. The predicted molar refractivity (Wildman–Crippen MR) is 196 cm³/mol. The van der Waals surface area contributed by atoms with Crippen molar-refractivity contribution in [2.75, 3.05) is 4.90 Å². The van der Waals surface area contributed by atoms with Gasteiger partial charge in [-0.2, -0.15) is 0 Å². The van der Waals surface area contributed by atoms with E-state index in [-0.39, 0.29) is 0 Å². The lowest BCUT2D eigenvalue weighted by Crippen LogP contribution is -2.10. The Morgan fingerprint density at radius 3 is 1.54 bits per heavy atom. The summed E-state index contributed by atoms with van der Waals surface area (Å²) in [4.78, 5) is 2.41. The minimum absolute atomic E-state index is 1.09. The van der Waals surface area contributed by atoms with E-state index in [9.17, 15) is 0 Å². The smallest absolute Gasteiger partial charge is 0.0464 e. The summed E-state index contributed by atoms with van der Waals surface area (Å²) in [6, 6.07) is 60.0. The van der Waals surface area contributed by atoms with Crippen LogP contribution in [0.15, 0.2) is 164 Å². The van der Waals surface area contributed by atoms with Gasteiger partial charge < -0.3 is 4.90 Å². The molecule has 0 fully saturated rings. The molecule has 222 valence electrons. The molecule has 0 aromatic heterocycles. The van der Waals surface area contributed by atoms with E-state index in [0.717, 1.165) is 24.2 Å². The third-order valence-electron chi connectivity index (χ3n) is 9.52. The molecule has 0 radical (unpaired) electrons. The lowest BCUT2D eigenvalue weighted by atomic mass is 9.89. The average Bonchev–Trinajstić information content (AvgIpc) is 3.22. The maximum Gasteiger partial charge on any atom is 0.0464 e. The van der Waals surface area contributed by atoms with Crippen molar-refractivity contribution < 1.29 is 0 Å². The van der Waals surface area contributed by atoms with Crippen molar-refractivity contribution in [1.29, 1.82) is 0 Å². The van der Waals surface area contributed by atoms with Crippen LogP contribution in [0.3, 0.4) is 0 Å². The van der Waals surface area contributed by atoms with Crippen molar-refractivity contribution in [3.8, 4) is 33.4 Å². The summed E-state index contributed by atoms with van der Waals surface area (Å²) in [7, 11) is 0. The lowest BCUT2D eigenvalue weighted by molar-refractivity contribution is 0.685. The standard InChI is InChI=1S/C45H37N/c1-4-12-33(13-5-1)35-20-25-39(26-21-35)46(40-27-22-36(23-28-40)34-14-6-2-7-15-34)41-29-31-43-38(32-41)17-8-3-9-19-44-42-18-11-10-16-37(42)24-30-45(43)44/h1-2,4-7,10-16,18,20-32H,3,8-9,17,19H2. The van der Waals surface area contributed by atoms with Gasteiger partial charge in [0.05, 0.1) is 0 Å². The molecule has 0 saturated carbocycles. The van der Waals surface area contributed by atoms with E-state index in [0.29, 0.717) is 0 Å². The van der Waals surface area contributed by atoms with Crippen LogP contribution in [0.5, 0.6) is 0 Å². The van der Waals surface area contributed by atoms with Gasteiger partial charge >= 0.3 is 0 Å². The van der Waals surface area contributed by atoms with Crippen LogP contribution >= 0.6 is 0 Å². The Balaban J connectivity index is 1.24. The second-order valence-corrected chi connectivity index (χ2v) is 12.4. The van der Waals surface area contributed by atoms with Crippen LogP contribution in [-0.4, -0.2) is 0 Å². The highest BCUT2D eigenvalue weighted by molar-refractivity contribution is 5.93. The van der Waals surface area contributed by atoms with E-state index in [2.05, 4.69) is 169 Å². The number of hydrogen-bond donors (Lipinski definition) is 0. The molecule has 1 aliphatic carbocycles. The summed E-state index contributed by atoms with van der Waals surface area (Å²) in [5, 5.41) is 2.73. The molecule has 1 heteroatoms. The maximum absolute atomic E-state index is 2.45. The molecule has 1 aliphatic rings. The molecule has 7 aromatic carbocycles. The number of nitrogens with zero attached hydrogens (tertiary/aromatic N) is 1. The molecule has 0 N–H and O–H groups in total. The molecule has 0 heterocycles. The second kappa shape index (κ2) is 12.5. The van der Waals surface area contributed by atoms with Gasteiger partial charge in [0.2, 0.25) is 0 Å². The first-order valence-corrected chi connectivity index (χ1v) is 16.6. The van der Waals surface area contributed by atoms with Crippen molar-refractivity contribution in [2.45, 2.75) is 32.1 Å². The second-order valence-electron chi connectivity index (χ2n) is 12.4. The summed E-state index contributed by atoms with van der Waals surface area (Å²) in [5.41, 5.74) is 14.1. The highest BCUT2D eigenvalue weighted by atomic mass is 15.1. The SMILES string of the molecule is c1ccc(-c2ccc(N(c3ccc(-c4ccccc4)cc3)c3ccc4c(c3)CCCCCc3c-4ccc4ccccc34)cc2)cc1. The first-order valence-electron chi connectivity index (χ1n) is 16.6. The fraction of sp³-hybridized carbons (Fsp3) is 0.111. The molecule has 0 saturated heterocycles. The quantitative estimate of drug-likeness (QED) is 0.192. The molecule has 8 rings (SSSR count).